The van der Waals surface area contributed by atoms with E-state index in [0.717, 1.165) is 36.2 Å². The molecule has 2 aromatic heterocycles. The van der Waals surface area contributed by atoms with E-state index in [2.05, 4.69) is 43.2 Å². The van der Waals surface area contributed by atoms with Crippen LogP contribution in [0.2, 0.25) is 0 Å². The zero-order chi connectivity index (χ0) is 18.3. The fourth-order valence-corrected chi connectivity index (χ4v) is 4.07. The number of benzene rings is 2. The van der Waals surface area contributed by atoms with Gasteiger partial charge in [-0.2, -0.15) is 9.61 Å². The molecule has 0 fully saturated rings. The molecule has 0 saturated carbocycles. The Kier molecular flexibility index (Phi) is 4.45. The second kappa shape index (κ2) is 6.76. The SMILES string of the molecule is Cc1ccc(-c2nn3c(C)nnc3s2)cc1NC(=O)c1ccccc1I. The summed E-state index contributed by atoms with van der Waals surface area (Å²) in [6.45, 7) is 3.84. The number of carbonyl (C=O) groups excluding carboxylic acids is 1. The van der Waals surface area contributed by atoms with Gasteiger partial charge in [-0.25, -0.2) is 0 Å². The lowest BCUT2D eigenvalue weighted by atomic mass is 10.1. The van der Waals surface area contributed by atoms with Crippen molar-refractivity contribution in [1.82, 2.24) is 19.8 Å². The van der Waals surface area contributed by atoms with E-state index < -0.39 is 0 Å². The molecule has 26 heavy (non-hydrogen) atoms. The smallest absolute Gasteiger partial charge is 0.256 e. The minimum atomic E-state index is -0.121. The van der Waals surface area contributed by atoms with Gasteiger partial charge in [-0.1, -0.05) is 35.6 Å². The highest BCUT2D eigenvalue weighted by Gasteiger charge is 2.14. The predicted molar refractivity (Wildman–Crippen MR) is 111 cm³/mol. The van der Waals surface area contributed by atoms with Crippen molar-refractivity contribution in [2.75, 3.05) is 5.32 Å². The summed E-state index contributed by atoms with van der Waals surface area (Å²) < 4.78 is 2.64. The topological polar surface area (TPSA) is 72.2 Å². The highest BCUT2D eigenvalue weighted by Crippen LogP contribution is 2.29. The van der Waals surface area contributed by atoms with Crippen LogP contribution in [0, 0.1) is 17.4 Å². The molecular formula is C18H14IN5OS. The van der Waals surface area contributed by atoms with Gasteiger partial charge in [0, 0.05) is 14.8 Å². The zero-order valence-electron chi connectivity index (χ0n) is 14.0. The molecule has 0 atom stereocenters. The van der Waals surface area contributed by atoms with Gasteiger partial charge >= 0.3 is 0 Å². The third-order valence-corrected chi connectivity index (χ3v) is 5.89. The molecule has 2 aromatic carbocycles. The van der Waals surface area contributed by atoms with Crippen LogP contribution in [0.4, 0.5) is 5.69 Å². The van der Waals surface area contributed by atoms with Gasteiger partial charge in [0.1, 0.15) is 5.01 Å². The van der Waals surface area contributed by atoms with Gasteiger partial charge in [-0.15, -0.1) is 10.2 Å². The Balaban J connectivity index is 1.68. The van der Waals surface area contributed by atoms with Crippen molar-refractivity contribution in [2.24, 2.45) is 0 Å². The maximum Gasteiger partial charge on any atom is 0.256 e. The molecule has 0 saturated heterocycles. The Labute approximate surface area is 167 Å². The number of hydrogen-bond acceptors (Lipinski definition) is 5. The lowest BCUT2D eigenvalue weighted by molar-refractivity contribution is 0.102. The minimum Gasteiger partial charge on any atom is -0.322 e. The summed E-state index contributed by atoms with van der Waals surface area (Å²) in [5.74, 6) is 0.631. The van der Waals surface area contributed by atoms with Crippen molar-refractivity contribution in [2.45, 2.75) is 13.8 Å². The highest BCUT2D eigenvalue weighted by atomic mass is 127. The quantitative estimate of drug-likeness (QED) is 0.448. The first-order valence-corrected chi connectivity index (χ1v) is 9.78. The molecular weight excluding hydrogens is 461 g/mol. The van der Waals surface area contributed by atoms with Crippen LogP contribution in [0.3, 0.4) is 0 Å². The highest BCUT2D eigenvalue weighted by molar-refractivity contribution is 14.1. The van der Waals surface area contributed by atoms with E-state index in [1.807, 2.05) is 56.3 Å². The number of amides is 1. The summed E-state index contributed by atoms with van der Waals surface area (Å²) in [5, 5.41) is 16.5. The van der Waals surface area contributed by atoms with Gasteiger partial charge in [0.15, 0.2) is 5.82 Å². The number of nitrogens with one attached hydrogen (secondary N) is 1. The first-order chi connectivity index (χ1) is 12.5. The maximum absolute atomic E-state index is 12.6. The molecule has 1 amide bonds. The van der Waals surface area contributed by atoms with Gasteiger partial charge in [0.05, 0.1) is 5.56 Å². The molecule has 0 aliphatic rings. The van der Waals surface area contributed by atoms with Gasteiger partial charge in [-0.3, -0.25) is 4.79 Å². The largest absolute Gasteiger partial charge is 0.322 e. The number of halogens is 1. The normalized spacial score (nSPS) is 11.0. The molecule has 0 radical (unpaired) electrons. The average molecular weight is 475 g/mol. The lowest BCUT2D eigenvalue weighted by Gasteiger charge is -2.10. The van der Waals surface area contributed by atoms with Crippen molar-refractivity contribution >= 4 is 50.5 Å². The van der Waals surface area contributed by atoms with E-state index in [4.69, 9.17) is 0 Å². The van der Waals surface area contributed by atoms with Gasteiger partial charge in [0.2, 0.25) is 4.96 Å². The van der Waals surface area contributed by atoms with Crippen LogP contribution in [-0.4, -0.2) is 25.7 Å². The van der Waals surface area contributed by atoms with Crippen LogP contribution in [0.5, 0.6) is 0 Å². The number of hydrogen-bond donors (Lipinski definition) is 1. The fraction of sp³-hybridized carbons (Fsp3) is 0.111. The summed E-state index contributed by atoms with van der Waals surface area (Å²) in [7, 11) is 0. The number of rotatable bonds is 3. The summed E-state index contributed by atoms with van der Waals surface area (Å²) in [4.78, 5) is 13.4. The van der Waals surface area contributed by atoms with Crippen LogP contribution in [0.25, 0.3) is 15.5 Å². The molecule has 0 aliphatic heterocycles. The number of nitrogens with zero attached hydrogens (tertiary/aromatic N) is 4. The van der Waals surface area contributed by atoms with Crippen molar-refractivity contribution in [3.8, 4) is 10.6 Å². The molecule has 0 aliphatic carbocycles. The number of aromatic nitrogens is 4. The van der Waals surface area contributed by atoms with Gasteiger partial charge in [-0.05, 0) is 60.2 Å². The maximum atomic E-state index is 12.6. The third-order valence-electron chi connectivity index (χ3n) is 4.00. The van der Waals surface area contributed by atoms with Crippen LogP contribution in [-0.2, 0) is 0 Å². The zero-order valence-corrected chi connectivity index (χ0v) is 17.0. The van der Waals surface area contributed by atoms with E-state index in [-0.39, 0.29) is 5.91 Å². The Bertz CT molecular complexity index is 1130. The lowest BCUT2D eigenvalue weighted by Crippen LogP contribution is -2.14. The van der Waals surface area contributed by atoms with Gasteiger partial charge in [0.25, 0.3) is 5.91 Å². The average Bonchev–Trinajstić information content (AvgIpc) is 3.19. The van der Waals surface area contributed by atoms with E-state index in [9.17, 15) is 4.79 Å². The van der Waals surface area contributed by atoms with Crippen molar-refractivity contribution in [3.63, 3.8) is 0 Å². The number of aryl methyl sites for hydroxylation is 2. The van der Waals surface area contributed by atoms with Crippen molar-refractivity contribution in [3.05, 3.63) is 63.0 Å². The molecule has 0 spiro atoms. The molecule has 8 heteroatoms. The minimum absolute atomic E-state index is 0.121. The fourth-order valence-electron chi connectivity index (χ4n) is 2.56. The monoisotopic (exact) mass is 475 g/mol. The number of carbonyl (C=O) groups is 1. The molecule has 4 aromatic rings. The van der Waals surface area contributed by atoms with Crippen LogP contribution >= 0.6 is 33.9 Å². The van der Waals surface area contributed by atoms with Crippen LogP contribution in [0.15, 0.2) is 42.5 Å². The molecule has 2 heterocycles. The van der Waals surface area contributed by atoms with Gasteiger partial charge < -0.3 is 5.32 Å². The Morgan fingerprint density at radius 3 is 2.73 bits per heavy atom. The molecule has 0 bridgehead atoms. The van der Waals surface area contributed by atoms with Crippen LogP contribution in [0.1, 0.15) is 21.7 Å². The summed E-state index contributed by atoms with van der Waals surface area (Å²) in [5.41, 5.74) is 3.36. The van der Waals surface area contributed by atoms with E-state index in [1.54, 1.807) is 4.52 Å². The van der Waals surface area contributed by atoms with Crippen LogP contribution < -0.4 is 5.32 Å². The first-order valence-electron chi connectivity index (χ1n) is 7.88. The second-order valence-corrected chi connectivity index (χ2v) is 7.93. The van der Waals surface area contributed by atoms with E-state index in [0.29, 0.717) is 5.56 Å². The third kappa shape index (κ3) is 3.10. The number of anilines is 1. The summed E-state index contributed by atoms with van der Waals surface area (Å²) in [6.07, 6.45) is 0. The summed E-state index contributed by atoms with van der Waals surface area (Å²) in [6, 6.07) is 13.4. The van der Waals surface area contributed by atoms with Crippen molar-refractivity contribution in [1.29, 1.82) is 0 Å². The molecule has 0 unspecified atom stereocenters. The Morgan fingerprint density at radius 1 is 1.15 bits per heavy atom. The molecule has 1 N–H and O–H groups in total. The number of fused-ring (bicyclic) bond motifs is 1. The second-order valence-electron chi connectivity index (χ2n) is 5.81. The Hall–Kier alpha value is -2.33. The van der Waals surface area contributed by atoms with E-state index in [1.165, 1.54) is 11.3 Å². The molecule has 4 rings (SSSR count). The van der Waals surface area contributed by atoms with E-state index >= 15 is 0 Å². The molecule has 6 nitrogen and oxygen atoms in total. The standard InChI is InChI=1S/C18H14IN5OS/c1-10-7-8-12(17-23-24-11(2)21-22-18(24)26-17)9-15(10)20-16(25)13-5-3-4-6-14(13)19/h3-9H,1-2H3,(H,20,25). The van der Waals surface area contributed by atoms with Crippen molar-refractivity contribution < 1.29 is 4.79 Å². The first kappa shape index (κ1) is 17.1. The predicted octanol–water partition coefficient (Wildman–Crippen LogP) is 4.33. The molecule has 130 valence electrons. The Morgan fingerprint density at radius 2 is 1.96 bits per heavy atom. The summed E-state index contributed by atoms with van der Waals surface area (Å²) >= 11 is 3.64.